The zero-order valence-corrected chi connectivity index (χ0v) is 10.7. The predicted octanol–water partition coefficient (Wildman–Crippen LogP) is 2.90. The van der Waals surface area contributed by atoms with Gasteiger partial charge in [-0.15, -0.1) is 0 Å². The highest BCUT2D eigenvalue weighted by molar-refractivity contribution is 6.34. The molecule has 2 aromatic carbocycles. The summed E-state index contributed by atoms with van der Waals surface area (Å²) >= 11 is 0. The van der Waals surface area contributed by atoms with Gasteiger partial charge in [-0.2, -0.15) is 0 Å². The normalized spacial score (nSPS) is 13.9. The molecule has 0 unspecified atom stereocenters. The number of carbonyl (C=O) groups is 2. The van der Waals surface area contributed by atoms with Gasteiger partial charge in [0.2, 0.25) is 0 Å². The molecule has 3 rings (SSSR count). The third kappa shape index (κ3) is 1.66. The van der Waals surface area contributed by atoms with Crippen molar-refractivity contribution >= 4 is 17.5 Å². The van der Waals surface area contributed by atoms with Gasteiger partial charge in [-0.1, -0.05) is 23.8 Å². The number of amides is 2. The van der Waals surface area contributed by atoms with Gasteiger partial charge in [0.25, 0.3) is 11.8 Å². The lowest BCUT2D eigenvalue weighted by molar-refractivity contribution is 0.0926. The van der Waals surface area contributed by atoms with Gasteiger partial charge in [0.05, 0.1) is 16.8 Å². The zero-order valence-electron chi connectivity index (χ0n) is 10.7. The molecule has 0 aliphatic carbocycles. The fourth-order valence-corrected chi connectivity index (χ4v) is 2.40. The second-order valence-electron chi connectivity index (χ2n) is 4.71. The Labute approximate surface area is 111 Å². The third-order valence-corrected chi connectivity index (χ3v) is 3.32. The molecule has 2 aromatic rings. The second kappa shape index (κ2) is 4.05. The quantitative estimate of drug-likeness (QED) is 0.730. The van der Waals surface area contributed by atoms with E-state index < -0.39 is 0 Å². The van der Waals surface area contributed by atoms with Crippen LogP contribution in [0, 0.1) is 19.9 Å². The summed E-state index contributed by atoms with van der Waals surface area (Å²) < 4.78 is 0. The van der Waals surface area contributed by atoms with Crippen molar-refractivity contribution in [3.05, 3.63) is 64.7 Å². The fraction of sp³-hybridized carbons (Fsp3) is 0.125. The molecule has 2 amide bonds. The van der Waals surface area contributed by atoms with E-state index in [1.807, 2.05) is 32.0 Å². The average Bonchev–Trinajstić information content (AvgIpc) is 2.64. The van der Waals surface area contributed by atoms with E-state index in [0.29, 0.717) is 16.8 Å². The Morgan fingerprint density at radius 2 is 1.74 bits per heavy atom. The molecular formula is C16H12NO2. The molecule has 1 aliphatic rings. The van der Waals surface area contributed by atoms with Crippen molar-refractivity contribution in [1.82, 2.24) is 0 Å². The van der Waals surface area contributed by atoms with E-state index in [0.717, 1.165) is 11.1 Å². The van der Waals surface area contributed by atoms with Crippen LogP contribution in [0.25, 0.3) is 0 Å². The van der Waals surface area contributed by atoms with Gasteiger partial charge in [-0.05, 0) is 43.7 Å². The Morgan fingerprint density at radius 1 is 1.00 bits per heavy atom. The Morgan fingerprint density at radius 3 is 2.42 bits per heavy atom. The van der Waals surface area contributed by atoms with Crippen LogP contribution >= 0.6 is 0 Å². The molecule has 1 aliphatic heterocycles. The molecule has 93 valence electrons. The van der Waals surface area contributed by atoms with E-state index in [1.54, 1.807) is 18.2 Å². The summed E-state index contributed by atoms with van der Waals surface area (Å²) in [6.07, 6.45) is 0. The average molecular weight is 250 g/mol. The number of nitrogens with zero attached hydrogens (tertiary/aromatic N) is 1. The maximum Gasteiger partial charge on any atom is 0.266 e. The van der Waals surface area contributed by atoms with Gasteiger partial charge in [0, 0.05) is 0 Å². The van der Waals surface area contributed by atoms with Gasteiger partial charge in [-0.3, -0.25) is 9.59 Å². The lowest BCUT2D eigenvalue weighted by atomic mass is 10.1. The maximum atomic E-state index is 12.3. The number of aryl methyl sites for hydroxylation is 2. The molecule has 0 aromatic heterocycles. The molecule has 0 spiro atoms. The molecule has 0 fully saturated rings. The van der Waals surface area contributed by atoms with Crippen molar-refractivity contribution in [3.8, 4) is 0 Å². The largest absolute Gasteiger partial charge is 0.268 e. The minimum Gasteiger partial charge on any atom is -0.268 e. The fourth-order valence-electron chi connectivity index (χ4n) is 2.40. The summed E-state index contributed by atoms with van der Waals surface area (Å²) in [5.74, 6) is -0.537. The molecule has 0 saturated carbocycles. The maximum absolute atomic E-state index is 12.3. The SMILES string of the molecule is Cc1ccc(N2C(=O)c3c[c]ccc3C2=O)c(C)c1. The summed E-state index contributed by atoms with van der Waals surface area (Å²) in [5.41, 5.74) is 3.54. The molecule has 0 atom stereocenters. The second-order valence-corrected chi connectivity index (χ2v) is 4.71. The lowest BCUT2D eigenvalue weighted by Gasteiger charge is -2.16. The van der Waals surface area contributed by atoms with E-state index in [4.69, 9.17) is 0 Å². The first-order valence-electron chi connectivity index (χ1n) is 6.06. The van der Waals surface area contributed by atoms with Crippen molar-refractivity contribution < 1.29 is 9.59 Å². The van der Waals surface area contributed by atoms with Crippen LogP contribution in [0.3, 0.4) is 0 Å². The molecule has 1 radical (unpaired) electrons. The van der Waals surface area contributed by atoms with Crippen LogP contribution in [0.15, 0.2) is 36.4 Å². The number of rotatable bonds is 1. The molecule has 0 bridgehead atoms. The number of hydrogen-bond donors (Lipinski definition) is 0. The van der Waals surface area contributed by atoms with E-state index in [9.17, 15) is 9.59 Å². The first kappa shape index (κ1) is 11.7. The Hall–Kier alpha value is -2.42. The number of anilines is 1. The van der Waals surface area contributed by atoms with Gasteiger partial charge in [0.1, 0.15) is 0 Å². The summed E-state index contributed by atoms with van der Waals surface area (Å²) in [6, 6.07) is 13.4. The Balaban J connectivity index is 2.14. The van der Waals surface area contributed by atoms with Crippen molar-refractivity contribution in [2.75, 3.05) is 4.90 Å². The molecule has 19 heavy (non-hydrogen) atoms. The van der Waals surface area contributed by atoms with Gasteiger partial charge in [0.15, 0.2) is 0 Å². The first-order valence-corrected chi connectivity index (χ1v) is 6.06. The Kier molecular flexibility index (Phi) is 2.49. The van der Waals surface area contributed by atoms with Gasteiger partial charge in [-0.25, -0.2) is 4.90 Å². The van der Waals surface area contributed by atoms with E-state index >= 15 is 0 Å². The number of hydrogen-bond acceptors (Lipinski definition) is 2. The van der Waals surface area contributed by atoms with Crippen molar-refractivity contribution in [3.63, 3.8) is 0 Å². The van der Waals surface area contributed by atoms with Crippen LogP contribution in [0.5, 0.6) is 0 Å². The third-order valence-electron chi connectivity index (χ3n) is 3.32. The lowest BCUT2D eigenvalue weighted by Crippen LogP contribution is -2.30. The molecule has 1 heterocycles. The minimum absolute atomic E-state index is 0.263. The van der Waals surface area contributed by atoms with Gasteiger partial charge >= 0.3 is 0 Å². The van der Waals surface area contributed by atoms with Crippen molar-refractivity contribution in [2.45, 2.75) is 13.8 Å². The van der Waals surface area contributed by atoms with Crippen molar-refractivity contribution in [2.24, 2.45) is 0 Å². The highest BCUT2D eigenvalue weighted by Gasteiger charge is 2.36. The summed E-state index contributed by atoms with van der Waals surface area (Å²) in [4.78, 5) is 25.9. The van der Waals surface area contributed by atoms with Crippen LogP contribution in [0.4, 0.5) is 5.69 Å². The van der Waals surface area contributed by atoms with Gasteiger partial charge < -0.3 is 0 Å². The first-order chi connectivity index (χ1) is 9.09. The highest BCUT2D eigenvalue weighted by Crippen LogP contribution is 2.30. The number of fused-ring (bicyclic) bond motifs is 1. The van der Waals surface area contributed by atoms with Crippen LogP contribution in [-0.2, 0) is 0 Å². The van der Waals surface area contributed by atoms with Crippen LogP contribution in [0.2, 0.25) is 0 Å². The number of imide groups is 1. The molecule has 3 heteroatoms. The predicted molar refractivity (Wildman–Crippen MR) is 72.3 cm³/mol. The molecular weight excluding hydrogens is 238 g/mol. The zero-order chi connectivity index (χ0) is 13.6. The molecule has 0 N–H and O–H groups in total. The van der Waals surface area contributed by atoms with E-state index in [2.05, 4.69) is 6.07 Å². The van der Waals surface area contributed by atoms with Crippen LogP contribution in [0.1, 0.15) is 31.8 Å². The Bertz CT molecular complexity index is 669. The standard InChI is InChI=1S/C16H12NO2/c1-10-7-8-14(11(2)9-10)17-15(18)12-5-3-4-6-13(12)16(17)19/h3,5-9H,1-2H3. The number of carbonyl (C=O) groups excluding carboxylic acids is 2. The smallest absolute Gasteiger partial charge is 0.266 e. The minimum atomic E-state index is -0.274. The topological polar surface area (TPSA) is 37.4 Å². The monoisotopic (exact) mass is 250 g/mol. The number of benzene rings is 2. The summed E-state index contributed by atoms with van der Waals surface area (Å²) in [5, 5.41) is 0. The summed E-state index contributed by atoms with van der Waals surface area (Å²) in [6.45, 7) is 3.88. The summed E-state index contributed by atoms with van der Waals surface area (Å²) in [7, 11) is 0. The molecule has 3 nitrogen and oxygen atoms in total. The molecule has 0 saturated heterocycles. The highest BCUT2D eigenvalue weighted by atomic mass is 16.2. The van der Waals surface area contributed by atoms with Crippen LogP contribution in [-0.4, -0.2) is 11.8 Å². The van der Waals surface area contributed by atoms with Crippen LogP contribution < -0.4 is 4.90 Å². The van der Waals surface area contributed by atoms with E-state index in [-0.39, 0.29) is 11.8 Å². The van der Waals surface area contributed by atoms with Crippen molar-refractivity contribution in [1.29, 1.82) is 0 Å². The van der Waals surface area contributed by atoms with E-state index in [1.165, 1.54) is 4.90 Å².